The number of H-pyrrole nitrogens is 1. The van der Waals surface area contributed by atoms with Gasteiger partial charge in [-0.2, -0.15) is 0 Å². The molecule has 1 heterocycles. The van der Waals surface area contributed by atoms with Gasteiger partial charge in [0, 0.05) is 9.99 Å². The SMILES string of the molecule is Cc1ccc(C[C@@H](C(=O)Nc2ccc(I)cc2F)n2c(O)c[nH]c2=O)cc1. The first-order valence-corrected chi connectivity index (χ1v) is 9.23. The first-order valence-electron chi connectivity index (χ1n) is 8.15. The molecule has 0 fully saturated rings. The van der Waals surface area contributed by atoms with Crippen molar-refractivity contribution in [1.29, 1.82) is 0 Å². The van der Waals surface area contributed by atoms with Gasteiger partial charge in [0.1, 0.15) is 11.9 Å². The summed E-state index contributed by atoms with van der Waals surface area (Å²) in [5.41, 5.74) is 1.25. The van der Waals surface area contributed by atoms with E-state index in [1.165, 1.54) is 12.1 Å². The van der Waals surface area contributed by atoms with Gasteiger partial charge < -0.3 is 15.4 Å². The van der Waals surface area contributed by atoms with Crippen LogP contribution in [0.4, 0.5) is 10.1 Å². The highest BCUT2D eigenvalue weighted by molar-refractivity contribution is 14.1. The summed E-state index contributed by atoms with van der Waals surface area (Å²) in [5, 5.41) is 12.5. The summed E-state index contributed by atoms with van der Waals surface area (Å²) in [6.45, 7) is 1.94. The molecule has 1 amide bonds. The Morgan fingerprint density at radius 2 is 2.00 bits per heavy atom. The number of nitrogens with zero attached hydrogens (tertiary/aromatic N) is 1. The molecule has 0 aliphatic carbocycles. The van der Waals surface area contributed by atoms with Crippen molar-refractivity contribution in [3.05, 3.63) is 79.7 Å². The van der Waals surface area contributed by atoms with Crippen molar-refractivity contribution in [2.75, 3.05) is 5.32 Å². The molecule has 140 valence electrons. The Balaban J connectivity index is 1.94. The summed E-state index contributed by atoms with van der Waals surface area (Å²) in [6.07, 6.45) is 1.27. The molecular formula is C19H17FIN3O3. The monoisotopic (exact) mass is 481 g/mol. The van der Waals surface area contributed by atoms with Gasteiger partial charge in [-0.05, 0) is 53.3 Å². The van der Waals surface area contributed by atoms with E-state index in [1.807, 2.05) is 53.8 Å². The van der Waals surface area contributed by atoms with Crippen molar-refractivity contribution in [2.24, 2.45) is 0 Å². The van der Waals surface area contributed by atoms with Crippen molar-refractivity contribution < 1.29 is 14.3 Å². The maximum atomic E-state index is 14.1. The normalized spacial score (nSPS) is 12.0. The highest BCUT2D eigenvalue weighted by Gasteiger charge is 2.26. The molecule has 0 saturated carbocycles. The van der Waals surface area contributed by atoms with Crippen molar-refractivity contribution in [3.8, 4) is 5.88 Å². The number of aryl methyl sites for hydroxylation is 1. The van der Waals surface area contributed by atoms with E-state index in [2.05, 4.69) is 10.3 Å². The Morgan fingerprint density at radius 1 is 1.30 bits per heavy atom. The van der Waals surface area contributed by atoms with Crippen LogP contribution in [0.15, 0.2) is 53.5 Å². The summed E-state index contributed by atoms with van der Waals surface area (Å²) in [7, 11) is 0. The summed E-state index contributed by atoms with van der Waals surface area (Å²) in [4.78, 5) is 27.3. The number of imidazole rings is 1. The predicted molar refractivity (Wildman–Crippen MR) is 108 cm³/mol. The van der Waals surface area contributed by atoms with E-state index in [-0.39, 0.29) is 18.0 Å². The maximum Gasteiger partial charge on any atom is 0.329 e. The average molecular weight is 481 g/mol. The number of aromatic nitrogens is 2. The van der Waals surface area contributed by atoms with Crippen molar-refractivity contribution in [3.63, 3.8) is 0 Å². The number of benzene rings is 2. The van der Waals surface area contributed by atoms with Crippen LogP contribution in [0.5, 0.6) is 5.88 Å². The van der Waals surface area contributed by atoms with Crippen LogP contribution in [-0.2, 0) is 11.2 Å². The molecule has 8 heteroatoms. The molecule has 6 nitrogen and oxygen atoms in total. The van der Waals surface area contributed by atoms with E-state index in [0.29, 0.717) is 3.57 Å². The van der Waals surface area contributed by atoms with Crippen LogP contribution in [0, 0.1) is 16.3 Å². The van der Waals surface area contributed by atoms with Crippen LogP contribution < -0.4 is 11.0 Å². The summed E-state index contributed by atoms with van der Waals surface area (Å²) in [5.74, 6) is -1.54. The predicted octanol–water partition coefficient (Wildman–Crippen LogP) is 3.36. The number of nitrogens with one attached hydrogen (secondary N) is 2. The van der Waals surface area contributed by atoms with E-state index < -0.39 is 23.5 Å². The Hall–Kier alpha value is -2.62. The summed E-state index contributed by atoms with van der Waals surface area (Å²) >= 11 is 1.97. The Kier molecular flexibility index (Phi) is 5.64. The Labute approximate surface area is 168 Å². The van der Waals surface area contributed by atoms with E-state index >= 15 is 0 Å². The lowest BCUT2D eigenvalue weighted by Crippen LogP contribution is -2.33. The molecule has 0 spiro atoms. The van der Waals surface area contributed by atoms with Crippen LogP contribution in [0.3, 0.4) is 0 Å². The molecule has 1 atom stereocenters. The van der Waals surface area contributed by atoms with Gasteiger partial charge in [-0.25, -0.2) is 9.18 Å². The number of hydrogen-bond donors (Lipinski definition) is 3. The minimum absolute atomic E-state index is 0.0115. The van der Waals surface area contributed by atoms with Gasteiger partial charge in [0.25, 0.3) is 0 Å². The third-order valence-electron chi connectivity index (χ3n) is 4.14. The molecular weight excluding hydrogens is 464 g/mol. The second-order valence-electron chi connectivity index (χ2n) is 6.14. The first kappa shape index (κ1) is 19.2. The van der Waals surface area contributed by atoms with Crippen molar-refractivity contribution >= 4 is 34.2 Å². The lowest BCUT2D eigenvalue weighted by atomic mass is 10.0. The highest BCUT2D eigenvalue weighted by Crippen LogP contribution is 2.23. The zero-order valence-corrected chi connectivity index (χ0v) is 16.5. The largest absolute Gasteiger partial charge is 0.493 e. The van der Waals surface area contributed by atoms with Gasteiger partial charge >= 0.3 is 5.69 Å². The number of aromatic hydroxyl groups is 1. The number of amides is 1. The molecule has 3 N–H and O–H groups in total. The molecule has 0 unspecified atom stereocenters. The molecule has 0 radical (unpaired) electrons. The van der Waals surface area contributed by atoms with E-state index in [1.54, 1.807) is 6.07 Å². The molecule has 1 aromatic heterocycles. The molecule has 3 rings (SSSR count). The van der Waals surface area contributed by atoms with Crippen LogP contribution in [0.2, 0.25) is 0 Å². The standard InChI is InChI=1S/C19H17FIN3O3/c1-11-2-4-12(5-3-11)8-16(24-17(25)10-22-19(24)27)18(26)23-15-7-6-13(21)9-14(15)20/h2-7,9-10,16,25H,8H2,1H3,(H,22,27)(H,23,26)/t16-/m0/s1. The fraction of sp³-hybridized carbons (Fsp3) is 0.158. The van der Waals surface area contributed by atoms with E-state index in [0.717, 1.165) is 21.9 Å². The number of carbonyl (C=O) groups excluding carboxylic acids is 1. The Morgan fingerprint density at radius 3 is 2.59 bits per heavy atom. The maximum absolute atomic E-state index is 14.1. The molecule has 0 bridgehead atoms. The highest BCUT2D eigenvalue weighted by atomic mass is 127. The minimum Gasteiger partial charge on any atom is -0.493 e. The molecule has 0 aliphatic heterocycles. The smallest absolute Gasteiger partial charge is 0.329 e. The fourth-order valence-corrected chi connectivity index (χ4v) is 3.18. The summed E-state index contributed by atoms with van der Waals surface area (Å²) < 4.78 is 15.8. The van der Waals surface area contributed by atoms with Crippen LogP contribution >= 0.6 is 22.6 Å². The Bertz CT molecular complexity index is 1030. The fourth-order valence-electron chi connectivity index (χ4n) is 2.73. The van der Waals surface area contributed by atoms with Crippen LogP contribution in [-0.4, -0.2) is 20.6 Å². The van der Waals surface area contributed by atoms with Crippen LogP contribution in [0.1, 0.15) is 17.2 Å². The van der Waals surface area contributed by atoms with Gasteiger partial charge in [0.15, 0.2) is 0 Å². The first-order chi connectivity index (χ1) is 12.8. The topological polar surface area (TPSA) is 87.1 Å². The average Bonchev–Trinajstić information content (AvgIpc) is 2.95. The third-order valence-corrected chi connectivity index (χ3v) is 4.81. The van der Waals surface area contributed by atoms with E-state index in [9.17, 15) is 19.1 Å². The molecule has 3 aromatic rings. The number of rotatable bonds is 5. The second-order valence-corrected chi connectivity index (χ2v) is 7.39. The third kappa shape index (κ3) is 4.38. The lowest BCUT2D eigenvalue weighted by Gasteiger charge is -2.19. The quantitative estimate of drug-likeness (QED) is 0.489. The van der Waals surface area contributed by atoms with Gasteiger partial charge in [-0.3, -0.25) is 9.36 Å². The molecule has 0 saturated heterocycles. The number of halogens is 2. The molecule has 27 heavy (non-hydrogen) atoms. The molecule has 2 aromatic carbocycles. The number of carbonyl (C=O) groups is 1. The second kappa shape index (κ2) is 7.95. The number of aromatic amines is 1. The summed E-state index contributed by atoms with van der Waals surface area (Å²) in [6, 6.07) is 10.8. The van der Waals surface area contributed by atoms with Crippen LogP contribution in [0.25, 0.3) is 0 Å². The van der Waals surface area contributed by atoms with E-state index in [4.69, 9.17) is 0 Å². The number of hydrogen-bond acceptors (Lipinski definition) is 3. The minimum atomic E-state index is -1.05. The van der Waals surface area contributed by atoms with Gasteiger partial charge in [0.2, 0.25) is 11.8 Å². The van der Waals surface area contributed by atoms with Gasteiger partial charge in [0.05, 0.1) is 11.9 Å². The van der Waals surface area contributed by atoms with Gasteiger partial charge in [-0.1, -0.05) is 29.8 Å². The number of anilines is 1. The van der Waals surface area contributed by atoms with Gasteiger partial charge in [-0.15, -0.1) is 0 Å². The van der Waals surface area contributed by atoms with Crippen molar-refractivity contribution in [2.45, 2.75) is 19.4 Å². The zero-order valence-electron chi connectivity index (χ0n) is 14.4. The lowest BCUT2D eigenvalue weighted by molar-refractivity contribution is -0.119. The molecule has 0 aliphatic rings. The zero-order chi connectivity index (χ0) is 19.6. The van der Waals surface area contributed by atoms with Crippen molar-refractivity contribution in [1.82, 2.24) is 9.55 Å².